The van der Waals surface area contributed by atoms with Crippen LogP contribution in [0.25, 0.3) is 10.9 Å². The Morgan fingerprint density at radius 2 is 1.72 bits per heavy atom. The SMILES string of the molecule is CC(Cn1cc(C(=O)N2CCN(c3ncc(C(F)(F)F)cn3)CC2)c2cc(F)ccc21)NC(=O)OC(C)(C)C. The lowest BCUT2D eigenvalue weighted by Crippen LogP contribution is -2.49. The predicted molar refractivity (Wildman–Crippen MR) is 136 cm³/mol. The number of carbonyl (C=O) groups excluding carboxylic acids is 2. The molecule has 0 spiro atoms. The van der Waals surface area contributed by atoms with Crippen LogP contribution in [0.2, 0.25) is 0 Å². The van der Waals surface area contributed by atoms with Gasteiger partial charge in [-0.25, -0.2) is 19.2 Å². The predicted octanol–water partition coefficient (Wildman–Crippen LogP) is 4.46. The molecule has 1 N–H and O–H groups in total. The van der Waals surface area contributed by atoms with Crippen molar-refractivity contribution in [2.45, 2.75) is 52.1 Å². The number of ether oxygens (including phenoxy) is 1. The van der Waals surface area contributed by atoms with E-state index in [1.165, 1.54) is 12.1 Å². The summed E-state index contributed by atoms with van der Waals surface area (Å²) in [5.41, 5.74) is -0.633. The highest BCUT2D eigenvalue weighted by atomic mass is 19.4. The van der Waals surface area contributed by atoms with Gasteiger partial charge in [0.05, 0.1) is 11.1 Å². The minimum absolute atomic E-state index is 0.153. The molecule has 0 radical (unpaired) electrons. The number of alkyl halides is 3. The number of fused-ring (bicyclic) bond motifs is 1. The first-order valence-corrected chi connectivity index (χ1v) is 12.4. The van der Waals surface area contributed by atoms with Crippen LogP contribution in [0.4, 0.5) is 28.3 Å². The molecular weight excluding hydrogens is 520 g/mol. The summed E-state index contributed by atoms with van der Waals surface area (Å²) in [5.74, 6) is -0.635. The van der Waals surface area contributed by atoms with E-state index in [1.54, 1.807) is 54.3 Å². The summed E-state index contributed by atoms with van der Waals surface area (Å²) in [7, 11) is 0. The number of benzene rings is 1. The molecule has 0 bridgehead atoms. The maximum atomic E-state index is 14.2. The Kier molecular flexibility index (Phi) is 7.71. The molecule has 1 aromatic carbocycles. The van der Waals surface area contributed by atoms with Gasteiger partial charge in [0.25, 0.3) is 5.91 Å². The number of rotatable bonds is 5. The average molecular weight is 551 g/mol. The van der Waals surface area contributed by atoms with Gasteiger partial charge in [-0.2, -0.15) is 13.2 Å². The van der Waals surface area contributed by atoms with Crippen LogP contribution < -0.4 is 10.2 Å². The fourth-order valence-electron chi connectivity index (χ4n) is 4.35. The zero-order valence-corrected chi connectivity index (χ0v) is 22.0. The summed E-state index contributed by atoms with van der Waals surface area (Å²) >= 11 is 0. The van der Waals surface area contributed by atoms with E-state index in [1.807, 2.05) is 0 Å². The lowest BCUT2D eigenvalue weighted by Gasteiger charge is -2.34. The summed E-state index contributed by atoms with van der Waals surface area (Å²) < 4.78 is 59.7. The van der Waals surface area contributed by atoms with Crippen LogP contribution in [-0.4, -0.2) is 69.3 Å². The molecule has 2 aromatic heterocycles. The van der Waals surface area contributed by atoms with E-state index in [4.69, 9.17) is 4.74 Å². The Morgan fingerprint density at radius 1 is 1.08 bits per heavy atom. The summed E-state index contributed by atoms with van der Waals surface area (Å²) in [5, 5.41) is 3.21. The first-order valence-electron chi connectivity index (χ1n) is 12.4. The van der Waals surface area contributed by atoms with Crippen molar-refractivity contribution < 1.29 is 31.9 Å². The van der Waals surface area contributed by atoms with Crippen molar-refractivity contribution >= 4 is 28.9 Å². The molecule has 13 heteroatoms. The van der Waals surface area contributed by atoms with Crippen molar-refractivity contribution in [3.05, 3.63) is 53.7 Å². The highest BCUT2D eigenvalue weighted by Crippen LogP contribution is 2.29. The number of alkyl carbamates (subject to hydrolysis) is 1. The summed E-state index contributed by atoms with van der Waals surface area (Å²) in [6, 6.07) is 3.84. The fourth-order valence-corrected chi connectivity index (χ4v) is 4.35. The molecule has 9 nitrogen and oxygen atoms in total. The monoisotopic (exact) mass is 550 g/mol. The van der Waals surface area contributed by atoms with Gasteiger partial charge in [-0.3, -0.25) is 4.79 Å². The van der Waals surface area contributed by atoms with Crippen molar-refractivity contribution in [3.8, 4) is 0 Å². The number of carbonyl (C=O) groups is 2. The zero-order chi connectivity index (χ0) is 28.5. The van der Waals surface area contributed by atoms with Crippen LogP contribution in [0.15, 0.2) is 36.8 Å². The van der Waals surface area contributed by atoms with Crippen LogP contribution >= 0.6 is 0 Å². The van der Waals surface area contributed by atoms with Gasteiger partial charge in [0.15, 0.2) is 0 Å². The Morgan fingerprint density at radius 3 is 2.31 bits per heavy atom. The third-order valence-electron chi connectivity index (χ3n) is 6.12. The minimum Gasteiger partial charge on any atom is -0.444 e. The molecular formula is C26H30F4N6O3. The van der Waals surface area contributed by atoms with Gasteiger partial charge >= 0.3 is 12.3 Å². The summed E-state index contributed by atoms with van der Waals surface area (Å²) in [6.45, 7) is 8.60. The number of nitrogens with zero attached hydrogens (tertiary/aromatic N) is 5. The van der Waals surface area contributed by atoms with Gasteiger partial charge in [0.1, 0.15) is 11.4 Å². The lowest BCUT2D eigenvalue weighted by molar-refractivity contribution is -0.138. The first-order chi connectivity index (χ1) is 18.2. The second-order valence-electron chi connectivity index (χ2n) is 10.5. The highest BCUT2D eigenvalue weighted by molar-refractivity contribution is 6.07. The summed E-state index contributed by atoms with van der Waals surface area (Å²) in [4.78, 5) is 36.6. The average Bonchev–Trinajstić information content (AvgIpc) is 3.19. The Bertz CT molecular complexity index is 1340. The van der Waals surface area contributed by atoms with Crippen LogP contribution in [0.3, 0.4) is 0 Å². The van der Waals surface area contributed by atoms with Crippen molar-refractivity contribution in [2.75, 3.05) is 31.1 Å². The largest absolute Gasteiger partial charge is 0.444 e. The number of halogens is 4. The van der Waals surface area contributed by atoms with E-state index in [2.05, 4.69) is 15.3 Å². The molecule has 210 valence electrons. The number of anilines is 1. The molecule has 2 amide bonds. The minimum atomic E-state index is -4.52. The van der Waals surface area contributed by atoms with Crippen molar-refractivity contribution in [1.82, 2.24) is 24.8 Å². The van der Waals surface area contributed by atoms with E-state index >= 15 is 0 Å². The van der Waals surface area contributed by atoms with Gasteiger partial charge in [-0.05, 0) is 45.9 Å². The van der Waals surface area contributed by atoms with E-state index in [0.29, 0.717) is 36.1 Å². The molecule has 1 unspecified atom stereocenters. The molecule has 1 aliphatic heterocycles. The molecule has 3 heterocycles. The number of amides is 2. The van der Waals surface area contributed by atoms with Gasteiger partial charge in [-0.1, -0.05) is 0 Å². The number of hydrogen-bond donors (Lipinski definition) is 1. The smallest absolute Gasteiger partial charge is 0.419 e. The summed E-state index contributed by atoms with van der Waals surface area (Å²) in [6.07, 6.45) is -1.97. The molecule has 1 saturated heterocycles. The lowest BCUT2D eigenvalue weighted by atomic mass is 10.1. The second-order valence-corrected chi connectivity index (χ2v) is 10.5. The van der Waals surface area contributed by atoms with Crippen molar-refractivity contribution in [2.24, 2.45) is 0 Å². The fraction of sp³-hybridized carbons (Fsp3) is 0.462. The van der Waals surface area contributed by atoms with Crippen LogP contribution in [-0.2, 0) is 17.5 Å². The van der Waals surface area contributed by atoms with Gasteiger partial charge in [-0.15, -0.1) is 0 Å². The van der Waals surface area contributed by atoms with Gasteiger partial charge in [0.2, 0.25) is 5.95 Å². The topological polar surface area (TPSA) is 92.6 Å². The normalized spacial score (nSPS) is 15.4. The zero-order valence-electron chi connectivity index (χ0n) is 22.0. The maximum Gasteiger partial charge on any atom is 0.419 e. The van der Waals surface area contributed by atoms with Gasteiger partial charge < -0.3 is 24.4 Å². The quantitative estimate of drug-likeness (QED) is 0.472. The van der Waals surface area contributed by atoms with E-state index in [0.717, 1.165) is 12.4 Å². The van der Waals surface area contributed by atoms with Crippen molar-refractivity contribution in [3.63, 3.8) is 0 Å². The Balaban J connectivity index is 1.47. The third-order valence-corrected chi connectivity index (χ3v) is 6.12. The number of nitrogens with one attached hydrogen (secondary N) is 1. The third kappa shape index (κ3) is 6.76. The number of aromatic nitrogens is 3. The molecule has 4 rings (SSSR count). The molecule has 39 heavy (non-hydrogen) atoms. The highest BCUT2D eigenvalue weighted by Gasteiger charge is 2.32. The number of piperazine rings is 1. The standard InChI is InChI=1S/C26H30F4N6O3/c1-16(33-24(38)39-25(2,3)4)14-36-15-20(19-11-18(27)5-6-21(19)36)22(37)34-7-9-35(10-8-34)23-31-12-17(13-32-23)26(28,29)30/h5-6,11-13,15-16H,7-10,14H2,1-4H3,(H,33,38). The van der Waals surface area contributed by atoms with E-state index in [-0.39, 0.29) is 31.0 Å². The van der Waals surface area contributed by atoms with Crippen molar-refractivity contribution in [1.29, 1.82) is 0 Å². The first kappa shape index (κ1) is 28.1. The van der Waals surface area contributed by atoms with E-state index < -0.39 is 29.3 Å². The van der Waals surface area contributed by atoms with Crippen LogP contribution in [0.1, 0.15) is 43.6 Å². The van der Waals surface area contributed by atoms with Gasteiger partial charge in [0, 0.05) is 68.3 Å². The number of hydrogen-bond acceptors (Lipinski definition) is 6. The molecule has 0 saturated carbocycles. The molecule has 1 aliphatic rings. The maximum absolute atomic E-state index is 14.2. The second kappa shape index (κ2) is 10.7. The van der Waals surface area contributed by atoms with Crippen LogP contribution in [0, 0.1) is 5.82 Å². The molecule has 3 aromatic rings. The Labute approximate surface area is 222 Å². The molecule has 1 atom stereocenters. The van der Waals surface area contributed by atoms with E-state index in [9.17, 15) is 27.2 Å². The van der Waals surface area contributed by atoms with Crippen LogP contribution in [0.5, 0.6) is 0 Å². The molecule has 0 aliphatic carbocycles. The molecule has 1 fully saturated rings. The Hall–Kier alpha value is -3.90.